The molecule has 0 heterocycles. The van der Waals surface area contributed by atoms with Gasteiger partial charge in [0.25, 0.3) is 0 Å². The van der Waals surface area contributed by atoms with Crippen molar-refractivity contribution in [1.82, 2.24) is 10.2 Å². The minimum atomic E-state index is -0.338. The molecule has 0 fully saturated rings. The first-order valence-electron chi connectivity index (χ1n) is 6.18. The number of amides is 2. The Balaban J connectivity index is 2.48. The van der Waals surface area contributed by atoms with E-state index in [2.05, 4.69) is 5.32 Å². The van der Waals surface area contributed by atoms with Crippen molar-refractivity contribution in [2.75, 3.05) is 20.2 Å². The maximum Gasteiger partial charge on any atom is 0.239 e. The minimum Gasteiger partial charge on any atom is -0.394 e. The summed E-state index contributed by atoms with van der Waals surface area (Å²) in [7, 11) is 1.56. The van der Waals surface area contributed by atoms with Gasteiger partial charge >= 0.3 is 0 Å². The van der Waals surface area contributed by atoms with Crippen molar-refractivity contribution < 1.29 is 14.7 Å². The quantitative estimate of drug-likeness (QED) is 0.770. The Morgan fingerprint density at radius 3 is 2.47 bits per heavy atom. The molecule has 1 aromatic carbocycles. The Hall–Kier alpha value is -1.88. The maximum atomic E-state index is 11.7. The third-order valence-corrected chi connectivity index (χ3v) is 2.83. The maximum absolute atomic E-state index is 11.7. The highest BCUT2D eigenvalue weighted by molar-refractivity contribution is 5.83. The average Bonchev–Trinajstić information content (AvgIpc) is 2.38. The number of hydrogen-bond acceptors (Lipinski definition) is 3. The predicted molar refractivity (Wildman–Crippen MR) is 72.5 cm³/mol. The predicted octanol–water partition coefficient (Wildman–Crippen LogP) is 0.185. The van der Waals surface area contributed by atoms with Gasteiger partial charge in [-0.1, -0.05) is 30.3 Å². The van der Waals surface area contributed by atoms with Gasteiger partial charge in [0.1, 0.15) is 0 Å². The molecule has 104 valence electrons. The van der Waals surface area contributed by atoms with Crippen molar-refractivity contribution >= 4 is 11.8 Å². The lowest BCUT2D eigenvalue weighted by Gasteiger charge is -2.19. The lowest BCUT2D eigenvalue weighted by molar-refractivity contribution is -0.133. The highest BCUT2D eigenvalue weighted by Crippen LogP contribution is 2.02. The van der Waals surface area contributed by atoms with Gasteiger partial charge in [-0.3, -0.25) is 9.59 Å². The molecule has 0 bridgehead atoms. The van der Waals surface area contributed by atoms with E-state index in [9.17, 15) is 14.7 Å². The Morgan fingerprint density at radius 1 is 1.32 bits per heavy atom. The first-order chi connectivity index (χ1) is 9.02. The topological polar surface area (TPSA) is 69.6 Å². The summed E-state index contributed by atoms with van der Waals surface area (Å²) in [6.45, 7) is 1.27. The molecular weight excluding hydrogens is 244 g/mol. The summed E-state index contributed by atoms with van der Waals surface area (Å²) in [4.78, 5) is 24.0. The van der Waals surface area contributed by atoms with E-state index in [1.165, 1.54) is 11.8 Å². The van der Waals surface area contributed by atoms with Crippen molar-refractivity contribution in [3.63, 3.8) is 0 Å². The van der Waals surface area contributed by atoms with Crippen LogP contribution in [0.25, 0.3) is 0 Å². The Bertz CT molecular complexity index is 420. The molecule has 5 heteroatoms. The Morgan fingerprint density at radius 2 is 1.95 bits per heavy atom. The zero-order valence-corrected chi connectivity index (χ0v) is 11.3. The smallest absolute Gasteiger partial charge is 0.239 e. The molecule has 1 rings (SSSR count). The summed E-state index contributed by atoms with van der Waals surface area (Å²) in [5.74, 6) is -0.438. The lowest BCUT2D eigenvalue weighted by Crippen LogP contribution is -2.44. The second-order valence-corrected chi connectivity index (χ2v) is 4.51. The molecule has 1 atom stereocenters. The summed E-state index contributed by atoms with van der Waals surface area (Å²) < 4.78 is 0. The number of aliphatic hydroxyl groups is 1. The van der Waals surface area contributed by atoms with Gasteiger partial charge in [0.2, 0.25) is 11.8 Å². The largest absolute Gasteiger partial charge is 0.394 e. The average molecular weight is 264 g/mol. The number of carbonyl (C=O) groups is 2. The molecule has 0 unspecified atom stereocenters. The van der Waals surface area contributed by atoms with Gasteiger partial charge in [0.15, 0.2) is 0 Å². The van der Waals surface area contributed by atoms with E-state index in [4.69, 9.17) is 0 Å². The molecule has 5 nitrogen and oxygen atoms in total. The van der Waals surface area contributed by atoms with Crippen LogP contribution >= 0.6 is 0 Å². The Kier molecular flexibility index (Phi) is 6.02. The molecule has 0 radical (unpaired) electrons. The molecule has 0 saturated carbocycles. The zero-order chi connectivity index (χ0) is 14.3. The molecule has 0 spiro atoms. The molecule has 0 aliphatic rings. The van der Waals surface area contributed by atoms with Crippen LogP contribution in [-0.4, -0.2) is 48.1 Å². The van der Waals surface area contributed by atoms with Crippen molar-refractivity contribution in [3.05, 3.63) is 35.9 Å². The van der Waals surface area contributed by atoms with Gasteiger partial charge in [-0.25, -0.2) is 0 Å². The first-order valence-corrected chi connectivity index (χ1v) is 6.18. The number of benzene rings is 1. The third-order valence-electron chi connectivity index (χ3n) is 2.83. The van der Waals surface area contributed by atoms with Crippen LogP contribution in [0, 0.1) is 0 Å². The van der Waals surface area contributed by atoms with Crippen LogP contribution in [0.5, 0.6) is 0 Å². The summed E-state index contributed by atoms with van der Waals surface area (Å²) in [6, 6.07) is 9.28. The van der Waals surface area contributed by atoms with Gasteiger partial charge in [-0.2, -0.15) is 0 Å². The zero-order valence-electron chi connectivity index (χ0n) is 11.3. The van der Waals surface area contributed by atoms with E-state index in [1.54, 1.807) is 7.05 Å². The van der Waals surface area contributed by atoms with Crippen LogP contribution in [0.2, 0.25) is 0 Å². The summed E-state index contributed by atoms with van der Waals surface area (Å²) in [6.07, 6.45) is 0.562. The van der Waals surface area contributed by atoms with E-state index < -0.39 is 0 Å². The standard InChI is InChI=1S/C14H20N2O3/c1-11(18)16(2)9-14(19)15-13(10-17)8-12-6-4-3-5-7-12/h3-7,13,17H,8-10H2,1-2H3,(H,15,19)/t13-/m0/s1. The van der Waals surface area contributed by atoms with E-state index in [-0.39, 0.29) is 31.0 Å². The number of nitrogens with zero attached hydrogens (tertiary/aromatic N) is 1. The molecule has 0 aliphatic carbocycles. The summed E-state index contributed by atoms with van der Waals surface area (Å²) >= 11 is 0. The molecule has 19 heavy (non-hydrogen) atoms. The number of likely N-dealkylation sites (N-methyl/N-ethyl adjacent to an activating group) is 1. The second-order valence-electron chi connectivity index (χ2n) is 4.51. The number of nitrogens with one attached hydrogen (secondary N) is 1. The van der Waals surface area contributed by atoms with E-state index in [0.29, 0.717) is 6.42 Å². The van der Waals surface area contributed by atoms with Crippen LogP contribution in [0.15, 0.2) is 30.3 Å². The second kappa shape index (κ2) is 7.53. The van der Waals surface area contributed by atoms with Crippen molar-refractivity contribution in [2.24, 2.45) is 0 Å². The Labute approximate surface area is 113 Å². The van der Waals surface area contributed by atoms with E-state index >= 15 is 0 Å². The summed E-state index contributed by atoms with van der Waals surface area (Å²) in [5.41, 5.74) is 1.04. The van der Waals surface area contributed by atoms with Crippen LogP contribution in [-0.2, 0) is 16.0 Å². The number of hydrogen-bond donors (Lipinski definition) is 2. The number of aliphatic hydroxyl groups excluding tert-OH is 1. The monoisotopic (exact) mass is 264 g/mol. The highest BCUT2D eigenvalue weighted by atomic mass is 16.3. The van der Waals surface area contributed by atoms with Gasteiger partial charge in [0, 0.05) is 14.0 Å². The normalized spacial score (nSPS) is 11.7. The van der Waals surface area contributed by atoms with Gasteiger partial charge in [0.05, 0.1) is 19.2 Å². The third kappa shape index (κ3) is 5.52. The minimum absolute atomic E-state index is 0.000618. The molecule has 0 aromatic heterocycles. The fourth-order valence-electron chi connectivity index (χ4n) is 1.66. The van der Waals surface area contributed by atoms with Crippen molar-refractivity contribution in [2.45, 2.75) is 19.4 Å². The molecule has 2 amide bonds. The fraction of sp³-hybridized carbons (Fsp3) is 0.429. The van der Waals surface area contributed by atoms with E-state index in [0.717, 1.165) is 5.56 Å². The SMILES string of the molecule is CC(=O)N(C)CC(=O)N[C@H](CO)Cc1ccccc1. The highest BCUT2D eigenvalue weighted by Gasteiger charge is 2.14. The van der Waals surface area contributed by atoms with Crippen LogP contribution < -0.4 is 5.32 Å². The molecular formula is C14H20N2O3. The van der Waals surface area contributed by atoms with E-state index in [1.807, 2.05) is 30.3 Å². The number of carbonyl (C=O) groups excluding carboxylic acids is 2. The molecule has 0 saturated heterocycles. The number of rotatable bonds is 6. The fourth-order valence-corrected chi connectivity index (χ4v) is 1.66. The van der Waals surface area contributed by atoms with Crippen LogP contribution in [0.1, 0.15) is 12.5 Å². The van der Waals surface area contributed by atoms with Gasteiger partial charge in [-0.15, -0.1) is 0 Å². The lowest BCUT2D eigenvalue weighted by atomic mass is 10.1. The molecule has 2 N–H and O–H groups in total. The molecule has 0 aliphatic heterocycles. The first kappa shape index (κ1) is 15.2. The van der Waals surface area contributed by atoms with Crippen molar-refractivity contribution in [3.8, 4) is 0 Å². The summed E-state index contributed by atoms with van der Waals surface area (Å²) in [5, 5.41) is 12.0. The van der Waals surface area contributed by atoms with Crippen molar-refractivity contribution in [1.29, 1.82) is 0 Å². The van der Waals surface area contributed by atoms with Crippen LogP contribution in [0.4, 0.5) is 0 Å². The molecule has 1 aromatic rings. The van der Waals surface area contributed by atoms with Gasteiger partial charge < -0.3 is 15.3 Å². The van der Waals surface area contributed by atoms with Gasteiger partial charge in [-0.05, 0) is 12.0 Å². The van der Waals surface area contributed by atoms with Crippen LogP contribution in [0.3, 0.4) is 0 Å².